The van der Waals surface area contributed by atoms with Gasteiger partial charge in [0.25, 0.3) is 0 Å². The summed E-state index contributed by atoms with van der Waals surface area (Å²) in [6.07, 6.45) is 0.950. The maximum atomic E-state index is 11.3. The Balaban J connectivity index is 1.97. The fraction of sp³-hybridized carbons (Fsp3) is 0.231. The van der Waals surface area contributed by atoms with E-state index in [1.54, 1.807) is 6.07 Å². The van der Waals surface area contributed by atoms with Crippen LogP contribution in [0.4, 0.5) is 0 Å². The first-order valence-electron chi connectivity index (χ1n) is 6.45. The van der Waals surface area contributed by atoms with Crippen LogP contribution in [-0.2, 0) is 14.9 Å². The summed E-state index contributed by atoms with van der Waals surface area (Å²) in [6.45, 7) is 0.00338. The largest absolute Gasteiger partial charge is 0.496 e. The zero-order valence-electron chi connectivity index (χ0n) is 12.2. The second-order valence-corrected chi connectivity index (χ2v) is 6.31. The van der Waals surface area contributed by atoms with Gasteiger partial charge >= 0.3 is 10.1 Å². The van der Waals surface area contributed by atoms with E-state index in [9.17, 15) is 13.2 Å². The Kier molecular flexibility index (Phi) is 3.60. The predicted molar refractivity (Wildman–Crippen MR) is 82.9 cm³/mol. The number of carbonyl (C=O) groups excluding carboxylic acids is 1. The summed E-state index contributed by atoms with van der Waals surface area (Å²) in [5.74, 6) is 1.13. The van der Waals surface area contributed by atoms with Crippen LogP contribution < -0.4 is 14.2 Å². The zero-order chi connectivity index (χ0) is 16.6. The van der Waals surface area contributed by atoms with E-state index in [2.05, 4.69) is 20.3 Å². The number of carbonyl (C=O) groups is 1. The first-order valence-corrected chi connectivity index (χ1v) is 8.27. The molecule has 0 unspecified atom stereocenters. The van der Waals surface area contributed by atoms with E-state index in [1.807, 2.05) is 0 Å². The van der Waals surface area contributed by atoms with Gasteiger partial charge in [-0.25, -0.2) is 9.98 Å². The number of amides is 1. The van der Waals surface area contributed by atoms with Gasteiger partial charge in [0.1, 0.15) is 18.0 Å². The molecule has 0 saturated heterocycles. The van der Waals surface area contributed by atoms with Crippen molar-refractivity contribution in [1.82, 2.24) is 5.32 Å². The summed E-state index contributed by atoms with van der Waals surface area (Å²) in [5, 5.41) is 2.58. The third-order valence-electron chi connectivity index (χ3n) is 2.93. The molecule has 23 heavy (non-hydrogen) atoms. The minimum absolute atomic E-state index is 0.00338. The van der Waals surface area contributed by atoms with Crippen LogP contribution in [0.25, 0.3) is 0 Å². The standard InChI is InChI=1S/C13H12N4O5S/c1-21-9-5-7(22-23(2,19)20)3-4-8(9)11-16-12-13(17-11)15-10(18)6-14-12/h3-5H,6H2,1-2H3,(H,14,15,16,17,18). The summed E-state index contributed by atoms with van der Waals surface area (Å²) in [7, 11) is -2.21. The van der Waals surface area contributed by atoms with Gasteiger partial charge in [0.05, 0.1) is 18.9 Å². The van der Waals surface area contributed by atoms with Crippen molar-refractivity contribution in [1.29, 1.82) is 0 Å². The van der Waals surface area contributed by atoms with Gasteiger partial charge in [0.2, 0.25) is 5.91 Å². The number of aliphatic imine (C=N–C) groups is 3. The molecule has 0 fully saturated rings. The maximum Gasteiger partial charge on any atom is 0.306 e. The normalized spacial score (nSPS) is 16.8. The lowest BCUT2D eigenvalue weighted by molar-refractivity contribution is -0.118. The molecule has 1 aromatic rings. The van der Waals surface area contributed by atoms with Gasteiger partial charge in [-0.2, -0.15) is 8.42 Å². The van der Waals surface area contributed by atoms with Crippen LogP contribution in [0.3, 0.4) is 0 Å². The van der Waals surface area contributed by atoms with Crippen LogP contribution in [0.2, 0.25) is 0 Å². The quantitative estimate of drug-likeness (QED) is 0.759. The minimum atomic E-state index is -3.64. The van der Waals surface area contributed by atoms with E-state index in [-0.39, 0.29) is 24.0 Å². The average molecular weight is 336 g/mol. The molecule has 1 aromatic carbocycles. The van der Waals surface area contributed by atoms with E-state index >= 15 is 0 Å². The van der Waals surface area contributed by atoms with Crippen LogP contribution in [0.1, 0.15) is 5.56 Å². The molecule has 2 aliphatic heterocycles. The molecule has 2 heterocycles. The van der Waals surface area contributed by atoms with Crippen molar-refractivity contribution in [3.63, 3.8) is 0 Å². The summed E-state index contributed by atoms with van der Waals surface area (Å²) in [6, 6.07) is 4.45. The zero-order valence-corrected chi connectivity index (χ0v) is 13.0. The number of benzene rings is 1. The Labute approximate surface area is 131 Å². The van der Waals surface area contributed by atoms with Crippen LogP contribution >= 0.6 is 0 Å². The second kappa shape index (κ2) is 5.47. The number of ether oxygens (including phenoxy) is 1. The summed E-state index contributed by atoms with van der Waals surface area (Å²) in [4.78, 5) is 23.8. The molecule has 0 radical (unpaired) electrons. The number of nitrogens with one attached hydrogen (secondary N) is 1. The number of nitrogens with zero attached hydrogens (tertiary/aromatic N) is 3. The highest BCUT2D eigenvalue weighted by atomic mass is 32.2. The molecule has 9 nitrogen and oxygen atoms in total. The van der Waals surface area contributed by atoms with Crippen LogP contribution in [-0.4, -0.2) is 51.7 Å². The lowest BCUT2D eigenvalue weighted by Crippen LogP contribution is -2.40. The minimum Gasteiger partial charge on any atom is -0.496 e. The molecule has 1 N–H and O–H groups in total. The molecule has 120 valence electrons. The number of hydrogen-bond donors (Lipinski definition) is 1. The van der Waals surface area contributed by atoms with E-state index in [0.29, 0.717) is 23.0 Å². The molecular weight excluding hydrogens is 324 g/mol. The van der Waals surface area contributed by atoms with E-state index in [1.165, 1.54) is 19.2 Å². The van der Waals surface area contributed by atoms with Gasteiger partial charge in [-0.15, -0.1) is 0 Å². The second-order valence-electron chi connectivity index (χ2n) is 4.73. The van der Waals surface area contributed by atoms with E-state index in [0.717, 1.165) is 6.26 Å². The molecule has 0 aliphatic carbocycles. The number of methoxy groups -OCH3 is 1. The van der Waals surface area contributed by atoms with Crippen molar-refractivity contribution < 1.29 is 22.1 Å². The fourth-order valence-corrected chi connectivity index (χ4v) is 2.50. The smallest absolute Gasteiger partial charge is 0.306 e. The topological polar surface area (TPSA) is 119 Å². The molecule has 3 rings (SSSR count). The Bertz CT molecular complexity index is 886. The summed E-state index contributed by atoms with van der Waals surface area (Å²) < 4.78 is 32.4. The molecule has 10 heteroatoms. The number of hydrogen-bond acceptors (Lipinski definition) is 8. The highest BCUT2D eigenvalue weighted by Gasteiger charge is 2.26. The Morgan fingerprint density at radius 1 is 1.22 bits per heavy atom. The highest BCUT2D eigenvalue weighted by Crippen LogP contribution is 2.27. The first kappa shape index (κ1) is 15.2. The van der Waals surface area contributed by atoms with Gasteiger partial charge in [-0.3, -0.25) is 9.79 Å². The molecule has 1 amide bonds. The first-order chi connectivity index (χ1) is 10.9. The SMILES string of the molecule is COc1cc(OS(C)(=O)=O)ccc1C1=NC2=NCC(=O)NC2=N1. The third kappa shape index (κ3) is 3.21. The average Bonchev–Trinajstić information content (AvgIpc) is 2.88. The Morgan fingerprint density at radius 2 is 2.00 bits per heavy atom. The van der Waals surface area contributed by atoms with Gasteiger partial charge < -0.3 is 14.2 Å². The van der Waals surface area contributed by atoms with Crippen LogP contribution in [0, 0.1) is 0 Å². The predicted octanol–water partition coefficient (Wildman–Crippen LogP) is -0.279. The third-order valence-corrected chi connectivity index (χ3v) is 3.43. The van der Waals surface area contributed by atoms with Crippen molar-refractivity contribution in [3.05, 3.63) is 23.8 Å². The van der Waals surface area contributed by atoms with Gasteiger partial charge in [-0.05, 0) is 12.1 Å². The molecule has 0 saturated carbocycles. The van der Waals surface area contributed by atoms with Gasteiger partial charge in [0.15, 0.2) is 17.5 Å². The highest BCUT2D eigenvalue weighted by molar-refractivity contribution is 7.86. The van der Waals surface area contributed by atoms with Gasteiger partial charge in [0, 0.05) is 6.07 Å². The molecule has 0 atom stereocenters. The number of fused-ring (bicyclic) bond motifs is 1. The van der Waals surface area contributed by atoms with Crippen molar-refractivity contribution in [2.75, 3.05) is 19.9 Å². The van der Waals surface area contributed by atoms with Crippen molar-refractivity contribution in [3.8, 4) is 11.5 Å². The van der Waals surface area contributed by atoms with Crippen LogP contribution in [0.15, 0.2) is 33.2 Å². The van der Waals surface area contributed by atoms with E-state index < -0.39 is 10.1 Å². The summed E-state index contributed by atoms with van der Waals surface area (Å²) in [5.41, 5.74) is 0.521. The molecule has 2 aliphatic rings. The molecule has 0 aromatic heterocycles. The van der Waals surface area contributed by atoms with Crippen molar-refractivity contribution >= 4 is 33.5 Å². The Hall–Kier alpha value is -2.75. The monoisotopic (exact) mass is 336 g/mol. The van der Waals surface area contributed by atoms with Gasteiger partial charge in [-0.1, -0.05) is 0 Å². The number of amidine groups is 3. The molecular formula is C13H12N4O5S. The maximum absolute atomic E-state index is 11.3. The lowest BCUT2D eigenvalue weighted by Gasteiger charge is -2.09. The lowest BCUT2D eigenvalue weighted by atomic mass is 10.2. The fourth-order valence-electron chi connectivity index (χ4n) is 2.05. The molecule has 0 bridgehead atoms. The van der Waals surface area contributed by atoms with E-state index in [4.69, 9.17) is 8.92 Å². The summed E-state index contributed by atoms with van der Waals surface area (Å²) >= 11 is 0. The number of rotatable bonds is 4. The molecule has 0 spiro atoms. The van der Waals surface area contributed by atoms with Crippen molar-refractivity contribution in [2.45, 2.75) is 0 Å². The Morgan fingerprint density at radius 3 is 2.70 bits per heavy atom. The van der Waals surface area contributed by atoms with Crippen molar-refractivity contribution in [2.24, 2.45) is 15.0 Å². The van der Waals surface area contributed by atoms with Crippen LogP contribution in [0.5, 0.6) is 11.5 Å².